The average Bonchev–Trinajstić information content (AvgIpc) is 3.09. The van der Waals surface area contributed by atoms with E-state index >= 15 is 0 Å². The molecule has 4 rings (SSSR count). The van der Waals surface area contributed by atoms with Crippen molar-refractivity contribution in [2.75, 3.05) is 27.2 Å². The van der Waals surface area contributed by atoms with E-state index in [0.717, 1.165) is 0 Å². The van der Waals surface area contributed by atoms with Gasteiger partial charge in [0.05, 0.1) is 14.2 Å². The number of fused-ring (bicyclic) bond motifs is 1. The first-order valence-corrected chi connectivity index (χ1v) is 9.03. The van der Waals surface area contributed by atoms with E-state index in [0.29, 0.717) is 16.0 Å². The third kappa shape index (κ3) is 3.93. The zero-order chi connectivity index (χ0) is 28.5. The molecule has 0 N–H and O–H groups in total. The minimum Gasteiger partial charge on any atom is -0.493 e. The molecule has 4 nitrogen and oxygen atoms in total. The monoisotopic (exact) mass is 389 g/mol. The van der Waals surface area contributed by atoms with Crippen molar-refractivity contribution in [3.05, 3.63) is 59.2 Å². The van der Waals surface area contributed by atoms with E-state index < -0.39 is 56.3 Å². The van der Waals surface area contributed by atoms with Crippen molar-refractivity contribution >= 4 is 5.78 Å². The maximum atomic E-state index is 13.4. The molecule has 0 bridgehead atoms. The Bertz CT molecular complexity index is 1230. The number of hydrogen-bond acceptors (Lipinski definition) is 4. The molecule has 0 aromatic heterocycles. The van der Waals surface area contributed by atoms with Crippen molar-refractivity contribution in [3.63, 3.8) is 0 Å². The lowest BCUT2D eigenvalue weighted by atomic mass is 9.85. The molecule has 1 fully saturated rings. The lowest BCUT2D eigenvalue weighted by Gasteiger charge is -2.32. The second-order valence-corrected chi connectivity index (χ2v) is 6.67. The molecule has 1 heterocycles. The number of carbonyl (C=O) groups is 1. The van der Waals surface area contributed by atoms with Gasteiger partial charge in [-0.3, -0.25) is 9.69 Å². The van der Waals surface area contributed by atoms with Gasteiger partial charge in [0.1, 0.15) is 0 Å². The predicted octanol–water partition coefficient (Wildman–Crippen LogP) is 4.36. The highest BCUT2D eigenvalue weighted by Crippen LogP contribution is 2.39. The van der Waals surface area contributed by atoms with Crippen LogP contribution in [0, 0.1) is 11.8 Å². The molecule has 1 aliphatic heterocycles. The van der Waals surface area contributed by atoms with Crippen LogP contribution in [0.5, 0.6) is 11.5 Å². The molecular formula is C24H29NO3. The number of hydrogen-bond donors (Lipinski definition) is 0. The summed E-state index contributed by atoms with van der Waals surface area (Å²) in [5.41, 5.74) is 0.862. The normalized spacial score (nSPS) is 36.4. The predicted molar refractivity (Wildman–Crippen MR) is 110 cm³/mol. The molecule has 28 heavy (non-hydrogen) atoms. The summed E-state index contributed by atoms with van der Waals surface area (Å²) in [6, 6.07) is 11.0. The number of piperidine rings is 1. The number of nitrogens with zero attached hydrogens (tertiary/aromatic N) is 1. The molecule has 1 atom stereocenters. The summed E-state index contributed by atoms with van der Waals surface area (Å²) < 4.78 is 98.1. The average molecular weight is 390 g/mol. The maximum absolute atomic E-state index is 13.4. The van der Waals surface area contributed by atoms with Crippen LogP contribution in [0.25, 0.3) is 0 Å². The fourth-order valence-corrected chi connectivity index (χ4v) is 3.40. The van der Waals surface area contributed by atoms with Crippen LogP contribution in [0.4, 0.5) is 0 Å². The van der Waals surface area contributed by atoms with Crippen molar-refractivity contribution < 1.29 is 28.0 Å². The summed E-state index contributed by atoms with van der Waals surface area (Å²) in [6.45, 7) is -6.83. The van der Waals surface area contributed by atoms with Crippen LogP contribution in [0.2, 0.25) is 0 Å². The molecule has 0 spiro atoms. The minimum absolute atomic E-state index is 0.0786. The van der Waals surface area contributed by atoms with Crippen LogP contribution in [0.1, 0.15) is 54.4 Å². The van der Waals surface area contributed by atoms with Crippen molar-refractivity contribution in [1.29, 1.82) is 0 Å². The van der Waals surface area contributed by atoms with Gasteiger partial charge in [0.15, 0.2) is 17.3 Å². The molecule has 2 aromatic carbocycles. The number of methoxy groups -OCH3 is 2. The Morgan fingerprint density at radius 2 is 1.79 bits per heavy atom. The quantitative estimate of drug-likeness (QED) is 0.736. The molecule has 0 saturated carbocycles. The number of benzene rings is 2. The fraction of sp³-hybridized carbons (Fsp3) is 0.458. The number of likely N-dealkylation sites (tertiary alicyclic amines) is 1. The van der Waals surface area contributed by atoms with Crippen LogP contribution in [0.15, 0.2) is 42.5 Å². The van der Waals surface area contributed by atoms with Gasteiger partial charge in [-0.25, -0.2) is 0 Å². The molecular weight excluding hydrogens is 350 g/mol. The maximum Gasteiger partial charge on any atom is 0.166 e. The number of ketones is 1. The smallest absolute Gasteiger partial charge is 0.166 e. The van der Waals surface area contributed by atoms with Crippen molar-refractivity contribution in [2.45, 2.75) is 32.1 Å². The van der Waals surface area contributed by atoms with Gasteiger partial charge in [-0.05, 0) is 67.7 Å². The summed E-state index contributed by atoms with van der Waals surface area (Å²) in [5, 5.41) is 0. The molecule has 2 aliphatic rings. The molecule has 0 radical (unpaired) electrons. The van der Waals surface area contributed by atoms with Gasteiger partial charge in [0.25, 0.3) is 0 Å². The van der Waals surface area contributed by atoms with E-state index in [2.05, 4.69) is 0 Å². The van der Waals surface area contributed by atoms with Gasteiger partial charge in [-0.15, -0.1) is 0 Å². The zero-order valence-electron chi connectivity index (χ0n) is 25.8. The molecule has 4 heteroatoms. The third-order valence-electron chi connectivity index (χ3n) is 4.84. The minimum atomic E-state index is -3.34. The highest BCUT2D eigenvalue weighted by Gasteiger charge is 2.34. The van der Waals surface area contributed by atoms with Crippen LogP contribution in [-0.4, -0.2) is 37.9 Å². The summed E-state index contributed by atoms with van der Waals surface area (Å²) in [4.78, 5) is 13.9. The van der Waals surface area contributed by atoms with E-state index in [1.54, 1.807) is 30.3 Å². The van der Waals surface area contributed by atoms with E-state index in [9.17, 15) is 4.79 Å². The summed E-state index contributed by atoms with van der Waals surface area (Å²) >= 11 is 0. The molecule has 1 unspecified atom stereocenters. The zero-order valence-corrected chi connectivity index (χ0v) is 15.8. The van der Waals surface area contributed by atoms with Gasteiger partial charge in [-0.2, -0.15) is 0 Å². The second kappa shape index (κ2) is 8.36. The molecule has 0 amide bonds. The molecule has 2 aromatic rings. The Labute approximate surface area is 181 Å². The highest BCUT2D eigenvalue weighted by atomic mass is 16.5. The van der Waals surface area contributed by atoms with Crippen LogP contribution >= 0.6 is 0 Å². The number of rotatable bonds is 6. The Hall–Kier alpha value is -2.33. The first-order chi connectivity index (χ1) is 17.4. The summed E-state index contributed by atoms with van der Waals surface area (Å²) in [7, 11) is 2.76. The Morgan fingerprint density at radius 1 is 1.11 bits per heavy atom. The van der Waals surface area contributed by atoms with Crippen molar-refractivity contribution in [2.24, 2.45) is 11.8 Å². The van der Waals surface area contributed by atoms with E-state index in [1.165, 1.54) is 26.4 Å². The topological polar surface area (TPSA) is 38.8 Å². The van der Waals surface area contributed by atoms with Gasteiger partial charge in [0, 0.05) is 31.7 Å². The third-order valence-corrected chi connectivity index (χ3v) is 4.84. The van der Waals surface area contributed by atoms with E-state index in [-0.39, 0.29) is 23.5 Å². The van der Waals surface area contributed by atoms with Crippen LogP contribution in [0.3, 0.4) is 0 Å². The summed E-state index contributed by atoms with van der Waals surface area (Å²) in [5.74, 6) is -5.73. The summed E-state index contributed by atoms with van der Waals surface area (Å²) in [6.07, 6.45) is -8.09. The molecule has 148 valence electrons. The number of carbonyl (C=O) groups excluding carboxylic acids is 1. The lowest BCUT2D eigenvalue weighted by Crippen LogP contribution is -2.34. The second-order valence-electron chi connectivity index (χ2n) is 6.67. The number of Topliss-reactive ketones (excluding diaryl/α,β-unsaturated/α-hetero) is 1. The Morgan fingerprint density at radius 3 is 2.46 bits per heavy atom. The van der Waals surface area contributed by atoms with Gasteiger partial charge >= 0.3 is 0 Å². The Balaban J connectivity index is 1.79. The Kier molecular flexibility index (Phi) is 3.12. The largest absolute Gasteiger partial charge is 0.493 e. The SMILES string of the molecule is [2H]C1(CC2([2H])C([2H])([2H])C([2H])([2H])N(Cc3ccccc3)C([2H])([2H])C2([2H])[2H])Cc2cc(OC)c(OC)cc2C1=O. The van der Waals surface area contributed by atoms with Gasteiger partial charge in [-0.1, -0.05) is 30.3 Å². The first kappa shape index (κ1) is 10.4. The van der Waals surface area contributed by atoms with Crippen LogP contribution < -0.4 is 9.47 Å². The highest BCUT2D eigenvalue weighted by molar-refractivity contribution is 6.02. The fourth-order valence-electron chi connectivity index (χ4n) is 3.40. The molecule has 1 aliphatic carbocycles. The van der Waals surface area contributed by atoms with E-state index in [1.807, 2.05) is 0 Å². The standard InChI is InChI=1S/C24H29NO3/c1-27-22-14-19-13-20(24(26)21(19)15-23(22)28-2)12-17-8-10-25(11-9-17)16-18-6-4-3-5-7-18/h3-7,14-15,17,20H,8-13,16H2,1-2H3/i8D2,9D2,10D2,11D2,17D,20D. The van der Waals surface area contributed by atoms with Crippen molar-refractivity contribution in [3.8, 4) is 11.5 Å². The number of ether oxygens (including phenoxy) is 2. The van der Waals surface area contributed by atoms with Crippen LogP contribution in [-0.2, 0) is 13.0 Å². The van der Waals surface area contributed by atoms with Gasteiger partial charge < -0.3 is 9.47 Å². The van der Waals surface area contributed by atoms with Crippen molar-refractivity contribution in [1.82, 2.24) is 4.90 Å². The molecule has 1 saturated heterocycles. The van der Waals surface area contributed by atoms with E-state index in [4.69, 9.17) is 23.2 Å². The lowest BCUT2D eigenvalue weighted by molar-refractivity contribution is 0.0895. The van der Waals surface area contributed by atoms with Gasteiger partial charge in [0.2, 0.25) is 0 Å². The first-order valence-electron chi connectivity index (χ1n) is 14.0.